The maximum atomic E-state index is 13.0. The van der Waals surface area contributed by atoms with Crippen LogP contribution in [-0.2, 0) is 6.54 Å². The van der Waals surface area contributed by atoms with Crippen molar-refractivity contribution in [3.05, 3.63) is 65.5 Å². The van der Waals surface area contributed by atoms with Crippen molar-refractivity contribution >= 4 is 11.9 Å². The molecule has 0 saturated heterocycles. The van der Waals surface area contributed by atoms with Crippen LogP contribution in [0.15, 0.2) is 48.7 Å². The summed E-state index contributed by atoms with van der Waals surface area (Å²) in [4.78, 5) is 29.7. The lowest BCUT2D eigenvalue weighted by Crippen LogP contribution is -2.39. The fourth-order valence-corrected chi connectivity index (χ4v) is 2.86. The van der Waals surface area contributed by atoms with Gasteiger partial charge < -0.3 is 10.0 Å². The number of aromatic nitrogens is 1. The van der Waals surface area contributed by atoms with E-state index < -0.39 is 5.97 Å². The highest BCUT2D eigenvalue weighted by atomic mass is 16.4. The lowest BCUT2D eigenvalue weighted by Gasteiger charge is -2.30. The maximum absolute atomic E-state index is 13.0. The Balaban J connectivity index is 1.88. The zero-order valence-corrected chi connectivity index (χ0v) is 13.6. The van der Waals surface area contributed by atoms with Gasteiger partial charge in [0.25, 0.3) is 5.91 Å². The number of carboxylic acids is 1. The van der Waals surface area contributed by atoms with Gasteiger partial charge in [0.05, 0.1) is 0 Å². The first kappa shape index (κ1) is 16.2. The molecule has 1 aromatic carbocycles. The van der Waals surface area contributed by atoms with Gasteiger partial charge in [0.15, 0.2) is 0 Å². The van der Waals surface area contributed by atoms with Crippen LogP contribution in [0.3, 0.4) is 0 Å². The number of benzene rings is 1. The van der Waals surface area contributed by atoms with Crippen LogP contribution in [-0.4, -0.2) is 32.9 Å². The molecule has 124 valence electrons. The number of hydrogen-bond acceptors (Lipinski definition) is 3. The van der Waals surface area contributed by atoms with E-state index >= 15 is 0 Å². The maximum Gasteiger partial charge on any atom is 0.354 e. The van der Waals surface area contributed by atoms with Crippen LogP contribution in [0.4, 0.5) is 0 Å². The van der Waals surface area contributed by atoms with E-state index in [1.165, 1.54) is 12.3 Å². The van der Waals surface area contributed by atoms with Gasteiger partial charge in [-0.1, -0.05) is 30.3 Å². The highest BCUT2D eigenvalue weighted by Gasteiger charge is 2.34. The molecule has 1 heterocycles. The van der Waals surface area contributed by atoms with Crippen molar-refractivity contribution in [3.63, 3.8) is 0 Å². The molecular formula is C19H20N2O3. The molecule has 1 atom stereocenters. The Bertz CT molecular complexity index is 741. The summed E-state index contributed by atoms with van der Waals surface area (Å²) in [6, 6.07) is 12.9. The number of aromatic carboxylic acids is 1. The molecule has 1 fully saturated rings. The van der Waals surface area contributed by atoms with E-state index in [9.17, 15) is 9.59 Å². The molecule has 1 saturated carbocycles. The molecular weight excluding hydrogens is 304 g/mol. The number of hydrogen-bond donors (Lipinski definition) is 1. The summed E-state index contributed by atoms with van der Waals surface area (Å²) < 4.78 is 0. The normalized spacial score (nSPS) is 14.9. The topological polar surface area (TPSA) is 70.5 Å². The van der Waals surface area contributed by atoms with Crippen LogP contribution in [0.2, 0.25) is 0 Å². The largest absolute Gasteiger partial charge is 0.477 e. The summed E-state index contributed by atoms with van der Waals surface area (Å²) >= 11 is 0. The van der Waals surface area contributed by atoms with Crippen LogP contribution < -0.4 is 0 Å². The van der Waals surface area contributed by atoms with Gasteiger partial charge in [-0.25, -0.2) is 9.78 Å². The zero-order valence-electron chi connectivity index (χ0n) is 13.6. The molecule has 1 N–H and O–H groups in total. The first-order chi connectivity index (χ1) is 11.6. The van der Waals surface area contributed by atoms with E-state index in [1.807, 2.05) is 35.2 Å². The average molecular weight is 324 g/mol. The second-order valence-electron chi connectivity index (χ2n) is 6.23. The van der Waals surface area contributed by atoms with Gasteiger partial charge in [-0.15, -0.1) is 0 Å². The Morgan fingerprint density at radius 3 is 2.58 bits per heavy atom. The number of carbonyl (C=O) groups excluding carboxylic acids is 1. The minimum absolute atomic E-state index is 0.111. The molecule has 1 aliphatic carbocycles. The smallest absolute Gasteiger partial charge is 0.354 e. The molecule has 0 bridgehead atoms. The highest BCUT2D eigenvalue weighted by molar-refractivity contribution is 5.96. The third kappa shape index (κ3) is 3.62. The van der Waals surface area contributed by atoms with Crippen LogP contribution in [0.1, 0.15) is 46.2 Å². The van der Waals surface area contributed by atoms with E-state index in [0.717, 1.165) is 18.4 Å². The first-order valence-electron chi connectivity index (χ1n) is 8.10. The monoisotopic (exact) mass is 324 g/mol. The van der Waals surface area contributed by atoms with Crippen LogP contribution in [0.5, 0.6) is 0 Å². The quantitative estimate of drug-likeness (QED) is 0.885. The molecule has 0 spiro atoms. The zero-order chi connectivity index (χ0) is 17.1. The van der Waals surface area contributed by atoms with Gasteiger partial charge in [0, 0.05) is 24.3 Å². The van der Waals surface area contributed by atoms with Gasteiger partial charge in [-0.2, -0.15) is 0 Å². The number of carboxylic acid groups (broad SMARTS) is 1. The summed E-state index contributed by atoms with van der Waals surface area (Å²) in [5.74, 6) is -0.754. The van der Waals surface area contributed by atoms with E-state index in [0.29, 0.717) is 18.0 Å². The third-order valence-corrected chi connectivity index (χ3v) is 4.48. The molecule has 3 rings (SSSR count). The van der Waals surface area contributed by atoms with Crippen molar-refractivity contribution in [2.24, 2.45) is 5.92 Å². The molecule has 1 aliphatic rings. The Morgan fingerprint density at radius 2 is 1.96 bits per heavy atom. The Labute approximate surface area is 140 Å². The van der Waals surface area contributed by atoms with E-state index in [4.69, 9.17) is 5.11 Å². The molecule has 0 aliphatic heterocycles. The average Bonchev–Trinajstić information content (AvgIpc) is 3.44. The SMILES string of the molecule is CC(C1CC1)N(Cc1ccccc1)C(=O)c1ccnc(C(=O)O)c1. The summed E-state index contributed by atoms with van der Waals surface area (Å²) in [6.07, 6.45) is 3.64. The highest BCUT2D eigenvalue weighted by Crippen LogP contribution is 2.36. The van der Waals surface area contributed by atoms with Gasteiger partial charge in [0.2, 0.25) is 0 Å². The predicted molar refractivity (Wildman–Crippen MR) is 89.7 cm³/mol. The summed E-state index contributed by atoms with van der Waals surface area (Å²) in [5, 5.41) is 9.08. The van der Waals surface area contributed by atoms with Crippen molar-refractivity contribution in [2.45, 2.75) is 32.4 Å². The Hall–Kier alpha value is -2.69. The summed E-state index contributed by atoms with van der Waals surface area (Å²) in [6.45, 7) is 2.58. The van der Waals surface area contributed by atoms with Crippen LogP contribution in [0, 0.1) is 5.92 Å². The number of nitrogens with zero attached hydrogens (tertiary/aromatic N) is 2. The first-order valence-corrected chi connectivity index (χ1v) is 8.10. The standard InChI is InChI=1S/C19H20N2O3/c1-13(15-7-8-15)21(12-14-5-3-2-4-6-14)18(22)16-9-10-20-17(11-16)19(23)24/h2-6,9-11,13,15H,7-8,12H2,1H3,(H,23,24). The third-order valence-electron chi connectivity index (χ3n) is 4.48. The lowest BCUT2D eigenvalue weighted by molar-refractivity contribution is 0.0654. The van der Waals surface area contributed by atoms with Crippen molar-refractivity contribution in [2.75, 3.05) is 0 Å². The Kier molecular flexibility index (Phi) is 4.60. The minimum atomic E-state index is -1.13. The van der Waals surface area contributed by atoms with Gasteiger partial charge in [0.1, 0.15) is 5.69 Å². The van der Waals surface area contributed by atoms with Crippen LogP contribution >= 0.6 is 0 Å². The number of amides is 1. The molecule has 2 aromatic rings. The summed E-state index contributed by atoms with van der Waals surface area (Å²) in [5.41, 5.74) is 1.32. The minimum Gasteiger partial charge on any atom is -0.477 e. The predicted octanol–water partition coefficient (Wildman–Crippen LogP) is 3.22. The second kappa shape index (κ2) is 6.83. The lowest BCUT2D eigenvalue weighted by atomic mass is 10.1. The molecule has 5 nitrogen and oxygen atoms in total. The van der Waals surface area contributed by atoms with Gasteiger partial charge in [-0.3, -0.25) is 4.79 Å². The van der Waals surface area contributed by atoms with E-state index in [2.05, 4.69) is 11.9 Å². The number of carbonyl (C=O) groups is 2. The molecule has 1 amide bonds. The number of pyridine rings is 1. The molecule has 1 unspecified atom stereocenters. The molecule has 1 aromatic heterocycles. The number of rotatable bonds is 6. The van der Waals surface area contributed by atoms with Crippen molar-refractivity contribution in [1.82, 2.24) is 9.88 Å². The van der Waals surface area contributed by atoms with Gasteiger partial charge in [-0.05, 0) is 43.4 Å². The van der Waals surface area contributed by atoms with Gasteiger partial charge >= 0.3 is 5.97 Å². The van der Waals surface area contributed by atoms with E-state index in [1.54, 1.807) is 6.07 Å². The summed E-state index contributed by atoms with van der Waals surface area (Å²) in [7, 11) is 0. The van der Waals surface area contributed by atoms with Crippen LogP contribution in [0.25, 0.3) is 0 Å². The molecule has 24 heavy (non-hydrogen) atoms. The Morgan fingerprint density at radius 1 is 1.25 bits per heavy atom. The van der Waals surface area contributed by atoms with Crippen molar-refractivity contribution < 1.29 is 14.7 Å². The fourth-order valence-electron chi connectivity index (χ4n) is 2.86. The molecule has 5 heteroatoms. The van der Waals surface area contributed by atoms with Crippen molar-refractivity contribution in [1.29, 1.82) is 0 Å². The van der Waals surface area contributed by atoms with E-state index in [-0.39, 0.29) is 17.6 Å². The second-order valence-corrected chi connectivity index (χ2v) is 6.23. The van der Waals surface area contributed by atoms with Crippen molar-refractivity contribution in [3.8, 4) is 0 Å². The molecule has 0 radical (unpaired) electrons. The fraction of sp³-hybridized carbons (Fsp3) is 0.316.